The Hall–Kier alpha value is -1.27. The molecule has 0 aliphatic carbocycles. The predicted molar refractivity (Wildman–Crippen MR) is 74.5 cm³/mol. The highest BCUT2D eigenvalue weighted by Crippen LogP contribution is 2.25. The molecular formula is C13H16F2N2OS. The van der Waals surface area contributed by atoms with E-state index in [2.05, 4.69) is 12.2 Å². The smallest absolute Gasteiger partial charge is 0.182 e. The van der Waals surface area contributed by atoms with Gasteiger partial charge in [-0.15, -0.1) is 0 Å². The molecule has 0 aromatic heterocycles. The minimum Gasteiger partial charge on any atom is -0.389 e. The van der Waals surface area contributed by atoms with E-state index in [1.54, 1.807) is 4.90 Å². The average Bonchev–Trinajstić information content (AvgIpc) is 2.56. The molecule has 0 radical (unpaired) electrons. The van der Waals surface area contributed by atoms with E-state index in [0.29, 0.717) is 19.7 Å². The van der Waals surface area contributed by atoms with Crippen LogP contribution in [0.15, 0.2) is 12.1 Å². The Labute approximate surface area is 116 Å². The summed E-state index contributed by atoms with van der Waals surface area (Å²) in [6, 6.07) is 2.94. The molecular weight excluding hydrogens is 270 g/mol. The van der Waals surface area contributed by atoms with Crippen LogP contribution in [0.4, 0.5) is 14.5 Å². The summed E-state index contributed by atoms with van der Waals surface area (Å²) in [5, 5.41) is 0. The summed E-state index contributed by atoms with van der Waals surface area (Å²) < 4.78 is 33.4. The van der Waals surface area contributed by atoms with Gasteiger partial charge >= 0.3 is 0 Å². The molecule has 1 atom stereocenters. The topological polar surface area (TPSA) is 38.5 Å². The molecule has 1 fully saturated rings. The van der Waals surface area contributed by atoms with E-state index >= 15 is 0 Å². The van der Waals surface area contributed by atoms with Crippen molar-refractivity contribution in [3.05, 3.63) is 29.3 Å². The third-order valence-corrected chi connectivity index (χ3v) is 3.34. The zero-order valence-corrected chi connectivity index (χ0v) is 11.5. The van der Waals surface area contributed by atoms with Gasteiger partial charge < -0.3 is 15.4 Å². The largest absolute Gasteiger partial charge is 0.389 e. The highest BCUT2D eigenvalue weighted by Gasteiger charge is 2.22. The number of benzene rings is 1. The van der Waals surface area contributed by atoms with Gasteiger partial charge in [0.1, 0.15) is 4.99 Å². The number of thiocarbonyl (C=S) groups is 1. The molecule has 1 saturated heterocycles. The Bertz CT molecular complexity index is 496. The molecule has 1 heterocycles. The Morgan fingerprint density at radius 3 is 2.84 bits per heavy atom. The molecule has 104 valence electrons. The fourth-order valence-electron chi connectivity index (χ4n) is 2.19. The Morgan fingerprint density at radius 1 is 1.42 bits per heavy atom. The van der Waals surface area contributed by atoms with Crippen molar-refractivity contribution in [1.82, 2.24) is 0 Å². The van der Waals surface area contributed by atoms with Gasteiger partial charge in [0, 0.05) is 25.3 Å². The molecule has 0 amide bonds. The summed E-state index contributed by atoms with van der Waals surface area (Å²) in [5.74, 6) is -1.89. The number of rotatable bonds is 2. The number of nitrogens with zero attached hydrogens (tertiary/aromatic N) is 1. The van der Waals surface area contributed by atoms with E-state index in [1.165, 1.54) is 12.1 Å². The van der Waals surface area contributed by atoms with Crippen molar-refractivity contribution in [3.8, 4) is 0 Å². The van der Waals surface area contributed by atoms with Gasteiger partial charge in [0.15, 0.2) is 11.6 Å². The maximum absolute atomic E-state index is 14.1. The van der Waals surface area contributed by atoms with Crippen molar-refractivity contribution in [1.29, 1.82) is 0 Å². The van der Waals surface area contributed by atoms with Crippen LogP contribution in [-0.2, 0) is 4.74 Å². The van der Waals surface area contributed by atoms with Crippen molar-refractivity contribution in [2.75, 3.05) is 24.6 Å². The van der Waals surface area contributed by atoms with Gasteiger partial charge in [-0.1, -0.05) is 12.2 Å². The molecule has 0 saturated carbocycles. The van der Waals surface area contributed by atoms with Crippen LogP contribution in [0.2, 0.25) is 0 Å². The number of ether oxygens (including phenoxy) is 1. The summed E-state index contributed by atoms with van der Waals surface area (Å²) in [6.07, 6.45) is 0.767. The third kappa shape index (κ3) is 3.01. The molecule has 3 nitrogen and oxygen atoms in total. The maximum Gasteiger partial charge on any atom is 0.182 e. The molecule has 1 unspecified atom stereocenters. The van der Waals surface area contributed by atoms with E-state index in [1.807, 2.05) is 6.92 Å². The van der Waals surface area contributed by atoms with Crippen molar-refractivity contribution in [3.63, 3.8) is 0 Å². The molecule has 19 heavy (non-hydrogen) atoms. The SMILES string of the molecule is CC1CN(c2ccc(C(N)=S)c(F)c2F)CCCO1. The second-order valence-electron chi connectivity index (χ2n) is 4.61. The van der Waals surface area contributed by atoms with Crippen LogP contribution in [0.1, 0.15) is 18.9 Å². The van der Waals surface area contributed by atoms with Gasteiger partial charge in [0.05, 0.1) is 11.8 Å². The summed E-state index contributed by atoms with van der Waals surface area (Å²) in [6.45, 7) is 3.71. The molecule has 2 N–H and O–H groups in total. The van der Waals surface area contributed by atoms with E-state index in [9.17, 15) is 8.78 Å². The lowest BCUT2D eigenvalue weighted by atomic mass is 10.1. The lowest BCUT2D eigenvalue weighted by Gasteiger charge is -2.25. The van der Waals surface area contributed by atoms with Crippen LogP contribution in [0.3, 0.4) is 0 Å². The Balaban J connectivity index is 2.34. The second-order valence-corrected chi connectivity index (χ2v) is 5.05. The van der Waals surface area contributed by atoms with Crippen molar-refractivity contribution in [2.24, 2.45) is 5.73 Å². The molecule has 0 spiro atoms. The first-order chi connectivity index (χ1) is 9.00. The first kappa shape index (κ1) is 14.1. The number of halogens is 2. The summed E-state index contributed by atoms with van der Waals surface area (Å²) >= 11 is 4.69. The molecule has 2 rings (SSSR count). The normalized spacial score (nSPS) is 20.2. The van der Waals surface area contributed by atoms with E-state index in [0.717, 1.165) is 6.42 Å². The number of nitrogens with two attached hydrogens (primary N) is 1. The fraction of sp³-hybridized carbons (Fsp3) is 0.462. The van der Waals surface area contributed by atoms with Crippen molar-refractivity contribution >= 4 is 22.9 Å². The summed E-state index contributed by atoms with van der Waals surface area (Å²) in [5.41, 5.74) is 5.52. The van der Waals surface area contributed by atoms with E-state index < -0.39 is 11.6 Å². The fourth-order valence-corrected chi connectivity index (χ4v) is 2.34. The standard InChI is InChI=1S/C13H16F2N2OS/c1-8-7-17(5-2-6-18-8)10-4-3-9(13(16)19)11(14)12(10)15/h3-4,8H,2,5-7H2,1H3,(H2,16,19). The minimum atomic E-state index is -0.984. The number of anilines is 1. The number of hydrogen-bond acceptors (Lipinski definition) is 3. The first-order valence-electron chi connectivity index (χ1n) is 6.15. The van der Waals surface area contributed by atoms with Crippen LogP contribution in [-0.4, -0.2) is 30.8 Å². The van der Waals surface area contributed by atoms with Gasteiger partial charge in [-0.2, -0.15) is 0 Å². The molecule has 1 aromatic carbocycles. The van der Waals surface area contributed by atoms with Crippen LogP contribution >= 0.6 is 12.2 Å². The van der Waals surface area contributed by atoms with Gasteiger partial charge in [-0.25, -0.2) is 8.78 Å². The molecule has 6 heteroatoms. The van der Waals surface area contributed by atoms with Crippen molar-refractivity contribution < 1.29 is 13.5 Å². The minimum absolute atomic E-state index is 0.0137. The lowest BCUT2D eigenvalue weighted by molar-refractivity contribution is 0.0820. The first-order valence-corrected chi connectivity index (χ1v) is 6.56. The van der Waals surface area contributed by atoms with E-state index in [4.69, 9.17) is 10.5 Å². The molecule has 1 aromatic rings. The highest BCUT2D eigenvalue weighted by atomic mass is 32.1. The Kier molecular flexibility index (Phi) is 4.31. The quantitative estimate of drug-likeness (QED) is 0.846. The summed E-state index contributed by atoms with van der Waals surface area (Å²) in [4.78, 5) is 1.65. The van der Waals surface area contributed by atoms with E-state index in [-0.39, 0.29) is 22.3 Å². The van der Waals surface area contributed by atoms with Gasteiger partial charge in [0.2, 0.25) is 0 Å². The second kappa shape index (κ2) is 5.79. The average molecular weight is 286 g/mol. The van der Waals surface area contributed by atoms with Crippen LogP contribution in [0, 0.1) is 11.6 Å². The zero-order chi connectivity index (χ0) is 14.0. The molecule has 1 aliphatic heterocycles. The lowest BCUT2D eigenvalue weighted by Crippen LogP contribution is -2.31. The predicted octanol–water partition coefficient (Wildman–Crippen LogP) is 2.21. The maximum atomic E-state index is 14.1. The monoisotopic (exact) mass is 286 g/mol. The van der Waals surface area contributed by atoms with Gasteiger partial charge in [0.25, 0.3) is 0 Å². The molecule has 0 bridgehead atoms. The van der Waals surface area contributed by atoms with Crippen molar-refractivity contribution in [2.45, 2.75) is 19.4 Å². The van der Waals surface area contributed by atoms with Crippen LogP contribution in [0.5, 0.6) is 0 Å². The van der Waals surface area contributed by atoms with Crippen LogP contribution < -0.4 is 10.6 Å². The van der Waals surface area contributed by atoms with Gasteiger partial charge in [-0.3, -0.25) is 0 Å². The summed E-state index contributed by atoms with van der Waals surface area (Å²) in [7, 11) is 0. The molecule has 1 aliphatic rings. The van der Waals surface area contributed by atoms with Gasteiger partial charge in [-0.05, 0) is 25.5 Å². The third-order valence-electron chi connectivity index (χ3n) is 3.12. The van der Waals surface area contributed by atoms with Crippen LogP contribution in [0.25, 0.3) is 0 Å². The zero-order valence-electron chi connectivity index (χ0n) is 10.7. The highest BCUT2D eigenvalue weighted by molar-refractivity contribution is 7.80. The number of hydrogen-bond donors (Lipinski definition) is 1. The Morgan fingerprint density at radius 2 is 2.16 bits per heavy atom.